The Morgan fingerprint density at radius 3 is 2.71 bits per heavy atom. The molecule has 0 bridgehead atoms. The van der Waals surface area contributed by atoms with Gasteiger partial charge in [-0.2, -0.15) is 0 Å². The number of rotatable bonds is 6. The van der Waals surface area contributed by atoms with Gasteiger partial charge in [0.2, 0.25) is 5.91 Å². The molecule has 0 radical (unpaired) electrons. The Labute approximate surface area is 147 Å². The lowest BCUT2D eigenvalue weighted by molar-refractivity contribution is -0.117. The molecule has 132 valence electrons. The molecule has 0 unspecified atom stereocenters. The molecule has 1 aromatic heterocycles. The zero-order valence-corrected chi connectivity index (χ0v) is 15.2. The number of imide groups is 1. The highest BCUT2D eigenvalue weighted by molar-refractivity contribution is 7.99. The number of thioether (sulfide) groups is 1. The molecule has 7 heteroatoms. The van der Waals surface area contributed by atoms with Gasteiger partial charge in [0.1, 0.15) is 0 Å². The van der Waals surface area contributed by atoms with Crippen LogP contribution in [-0.4, -0.2) is 33.8 Å². The van der Waals surface area contributed by atoms with E-state index in [4.69, 9.17) is 0 Å². The van der Waals surface area contributed by atoms with Gasteiger partial charge >= 0.3 is 6.03 Å². The van der Waals surface area contributed by atoms with Gasteiger partial charge in [-0.05, 0) is 26.7 Å². The molecule has 6 nitrogen and oxygen atoms in total. The van der Waals surface area contributed by atoms with Crippen molar-refractivity contribution in [3.63, 3.8) is 0 Å². The van der Waals surface area contributed by atoms with Gasteiger partial charge in [-0.3, -0.25) is 10.1 Å². The summed E-state index contributed by atoms with van der Waals surface area (Å²) in [6.45, 7) is 7.93. The first-order valence-corrected chi connectivity index (χ1v) is 9.38. The average Bonchev–Trinajstić information content (AvgIpc) is 2.86. The molecule has 1 aliphatic carbocycles. The number of aromatic nitrogens is 2. The van der Waals surface area contributed by atoms with Crippen molar-refractivity contribution in [3.8, 4) is 0 Å². The predicted octanol–water partition coefficient (Wildman–Crippen LogP) is 3.11. The number of carbonyl (C=O) groups is 2. The summed E-state index contributed by atoms with van der Waals surface area (Å²) >= 11 is 1.39. The molecule has 1 saturated carbocycles. The number of hydrogen-bond acceptors (Lipinski definition) is 4. The quantitative estimate of drug-likeness (QED) is 0.610. The Balaban J connectivity index is 1.96. The number of hydrogen-bond donors (Lipinski definition) is 2. The maximum atomic E-state index is 11.9. The van der Waals surface area contributed by atoms with E-state index in [1.165, 1.54) is 49.6 Å². The molecule has 0 aromatic carbocycles. The van der Waals surface area contributed by atoms with E-state index in [-0.39, 0.29) is 11.7 Å². The van der Waals surface area contributed by atoms with Gasteiger partial charge in [-0.15, -0.1) is 6.58 Å². The zero-order valence-electron chi connectivity index (χ0n) is 14.4. The highest BCUT2D eigenvalue weighted by atomic mass is 32.2. The van der Waals surface area contributed by atoms with Gasteiger partial charge in [-0.25, -0.2) is 9.78 Å². The molecule has 0 saturated heterocycles. The molecule has 0 aliphatic heterocycles. The van der Waals surface area contributed by atoms with Gasteiger partial charge in [0, 0.05) is 18.3 Å². The van der Waals surface area contributed by atoms with E-state index < -0.39 is 6.03 Å². The second-order valence-electron chi connectivity index (χ2n) is 6.06. The van der Waals surface area contributed by atoms with Gasteiger partial charge in [-0.1, -0.05) is 37.1 Å². The first kappa shape index (κ1) is 18.6. The van der Waals surface area contributed by atoms with Crippen molar-refractivity contribution in [2.75, 3.05) is 12.3 Å². The fourth-order valence-corrected chi connectivity index (χ4v) is 3.93. The molecule has 3 amide bonds. The van der Waals surface area contributed by atoms with Crippen LogP contribution in [0, 0.1) is 13.8 Å². The largest absolute Gasteiger partial charge is 0.334 e. The molecule has 1 heterocycles. The van der Waals surface area contributed by atoms with Crippen LogP contribution in [0.15, 0.2) is 17.8 Å². The summed E-state index contributed by atoms with van der Waals surface area (Å²) in [5.74, 6) is -0.153. The molecule has 2 N–H and O–H groups in total. The van der Waals surface area contributed by atoms with E-state index in [2.05, 4.69) is 33.7 Å². The Kier molecular flexibility index (Phi) is 6.90. The first-order chi connectivity index (χ1) is 11.5. The molecule has 0 spiro atoms. The minimum Gasteiger partial charge on any atom is -0.334 e. The monoisotopic (exact) mass is 350 g/mol. The normalized spacial score (nSPS) is 15.1. The van der Waals surface area contributed by atoms with Crippen LogP contribution in [0.1, 0.15) is 49.5 Å². The van der Waals surface area contributed by atoms with Crippen molar-refractivity contribution in [2.45, 2.75) is 57.1 Å². The van der Waals surface area contributed by atoms with Crippen molar-refractivity contribution in [1.29, 1.82) is 0 Å². The van der Waals surface area contributed by atoms with Gasteiger partial charge in [0.05, 0.1) is 11.4 Å². The molecule has 2 rings (SSSR count). The second kappa shape index (κ2) is 8.92. The van der Waals surface area contributed by atoms with Crippen LogP contribution in [0.4, 0.5) is 4.79 Å². The van der Waals surface area contributed by atoms with E-state index >= 15 is 0 Å². The van der Waals surface area contributed by atoms with E-state index in [1.54, 1.807) is 6.08 Å². The highest BCUT2D eigenvalue weighted by Crippen LogP contribution is 2.34. The highest BCUT2D eigenvalue weighted by Gasteiger charge is 2.22. The average molecular weight is 350 g/mol. The lowest BCUT2D eigenvalue weighted by atomic mass is 9.95. The molecular formula is C17H26N4O2S. The predicted molar refractivity (Wildman–Crippen MR) is 96.3 cm³/mol. The zero-order chi connectivity index (χ0) is 17.5. The molecular weight excluding hydrogens is 324 g/mol. The van der Waals surface area contributed by atoms with Crippen LogP contribution in [0.2, 0.25) is 0 Å². The Morgan fingerprint density at radius 2 is 2.04 bits per heavy atom. The summed E-state index contributed by atoms with van der Waals surface area (Å²) in [4.78, 5) is 28.0. The van der Waals surface area contributed by atoms with Crippen molar-refractivity contribution < 1.29 is 9.59 Å². The topological polar surface area (TPSA) is 76.0 Å². The minimum absolute atomic E-state index is 0.171. The van der Waals surface area contributed by atoms with Gasteiger partial charge in [0.25, 0.3) is 0 Å². The SMILES string of the molecule is C=CCNC(=O)NC(=O)CSc1nc(C)c(C)n1C1CCCCC1. The molecule has 1 aromatic rings. The second-order valence-corrected chi connectivity index (χ2v) is 7.01. The van der Waals surface area contributed by atoms with Gasteiger partial charge in [0.15, 0.2) is 5.16 Å². The molecule has 1 fully saturated rings. The summed E-state index contributed by atoms with van der Waals surface area (Å²) in [5.41, 5.74) is 2.18. The number of aryl methyl sites for hydroxylation is 1. The minimum atomic E-state index is -0.497. The van der Waals surface area contributed by atoms with Crippen LogP contribution in [-0.2, 0) is 4.79 Å². The van der Waals surface area contributed by atoms with E-state index in [0.717, 1.165) is 10.9 Å². The fourth-order valence-electron chi connectivity index (χ4n) is 2.97. The van der Waals surface area contributed by atoms with Crippen LogP contribution in [0.3, 0.4) is 0 Å². The van der Waals surface area contributed by atoms with E-state index in [0.29, 0.717) is 12.6 Å². The number of amides is 3. The molecule has 24 heavy (non-hydrogen) atoms. The first-order valence-electron chi connectivity index (χ1n) is 8.39. The Morgan fingerprint density at radius 1 is 1.33 bits per heavy atom. The maximum absolute atomic E-state index is 11.9. The lowest BCUT2D eigenvalue weighted by Crippen LogP contribution is -2.40. The fraction of sp³-hybridized carbons (Fsp3) is 0.588. The number of nitrogens with zero attached hydrogens (tertiary/aromatic N) is 2. The van der Waals surface area contributed by atoms with Crippen LogP contribution in [0.5, 0.6) is 0 Å². The summed E-state index contributed by atoms with van der Waals surface area (Å²) in [7, 11) is 0. The maximum Gasteiger partial charge on any atom is 0.321 e. The number of imidazole rings is 1. The van der Waals surface area contributed by atoms with Crippen molar-refractivity contribution in [1.82, 2.24) is 20.2 Å². The summed E-state index contributed by atoms with van der Waals surface area (Å²) < 4.78 is 2.28. The van der Waals surface area contributed by atoms with E-state index in [9.17, 15) is 9.59 Å². The molecule has 1 aliphatic rings. The summed E-state index contributed by atoms with van der Waals surface area (Å²) in [6.07, 6.45) is 7.69. The van der Waals surface area contributed by atoms with Gasteiger partial charge < -0.3 is 9.88 Å². The number of nitrogens with one attached hydrogen (secondary N) is 2. The van der Waals surface area contributed by atoms with E-state index in [1.807, 2.05) is 6.92 Å². The van der Waals surface area contributed by atoms with Crippen LogP contribution < -0.4 is 10.6 Å². The number of urea groups is 1. The summed E-state index contributed by atoms with van der Waals surface area (Å²) in [5, 5.41) is 5.70. The standard InChI is InChI=1S/C17H26N4O2S/c1-4-10-18-16(23)20-15(22)11-24-17-19-12(2)13(3)21(17)14-8-6-5-7-9-14/h4,14H,1,5-11H2,2-3H3,(H2,18,20,22,23). The van der Waals surface area contributed by atoms with Crippen LogP contribution in [0.25, 0.3) is 0 Å². The Bertz CT molecular complexity index is 606. The third-order valence-electron chi connectivity index (χ3n) is 4.29. The molecule has 0 atom stereocenters. The number of carbonyl (C=O) groups excluding carboxylic acids is 2. The Hall–Kier alpha value is -1.76. The summed E-state index contributed by atoms with van der Waals surface area (Å²) in [6, 6.07) is -0.0233. The third kappa shape index (κ3) is 4.87. The van der Waals surface area contributed by atoms with Crippen molar-refractivity contribution >= 4 is 23.7 Å². The third-order valence-corrected chi connectivity index (χ3v) is 5.24. The smallest absolute Gasteiger partial charge is 0.321 e. The van der Waals surface area contributed by atoms with Crippen molar-refractivity contribution in [2.24, 2.45) is 0 Å². The van der Waals surface area contributed by atoms with Crippen molar-refractivity contribution in [3.05, 3.63) is 24.0 Å². The lowest BCUT2D eigenvalue weighted by Gasteiger charge is -2.26. The van der Waals surface area contributed by atoms with Crippen LogP contribution >= 0.6 is 11.8 Å².